The van der Waals surface area contributed by atoms with Crippen molar-refractivity contribution >= 4 is 5.69 Å². The normalized spacial score (nSPS) is 12.4. The number of hydrogen-bond donors (Lipinski definition) is 1. The Balaban J connectivity index is 1.86. The third-order valence-electron chi connectivity index (χ3n) is 3.89. The Bertz CT molecular complexity index is 659. The van der Waals surface area contributed by atoms with Crippen LogP contribution in [0.15, 0.2) is 54.6 Å². The number of non-ortho nitro benzene ring substituents is 1. The molecule has 0 saturated carbocycles. The van der Waals surface area contributed by atoms with Crippen molar-refractivity contribution in [3.8, 4) is 5.75 Å². The summed E-state index contributed by atoms with van der Waals surface area (Å²) >= 11 is 0. The number of nitro groups is 1. The molecule has 0 fully saturated rings. The first-order valence-electron chi connectivity index (χ1n) is 8.29. The number of nitrogens with zero attached hydrogens (tertiary/aromatic N) is 2. The van der Waals surface area contributed by atoms with E-state index in [4.69, 9.17) is 4.74 Å². The zero-order valence-electron chi connectivity index (χ0n) is 14.5. The second kappa shape index (κ2) is 9.15. The van der Waals surface area contributed by atoms with E-state index in [-0.39, 0.29) is 18.3 Å². The minimum atomic E-state index is -0.652. The van der Waals surface area contributed by atoms with Crippen LogP contribution in [0.3, 0.4) is 0 Å². The number of aliphatic hydroxyl groups is 1. The molecule has 0 aliphatic rings. The van der Waals surface area contributed by atoms with E-state index in [1.165, 1.54) is 29.8 Å². The van der Waals surface area contributed by atoms with E-state index >= 15 is 0 Å². The predicted octanol–water partition coefficient (Wildman–Crippen LogP) is 3.25. The second-order valence-corrected chi connectivity index (χ2v) is 6.22. The Morgan fingerprint density at radius 3 is 2.32 bits per heavy atom. The molecule has 6 heteroatoms. The van der Waals surface area contributed by atoms with Crippen LogP contribution < -0.4 is 4.74 Å². The van der Waals surface area contributed by atoms with Gasteiger partial charge in [-0.1, -0.05) is 30.3 Å². The fourth-order valence-corrected chi connectivity index (χ4v) is 2.46. The summed E-state index contributed by atoms with van der Waals surface area (Å²) in [6.45, 7) is 5.56. The summed E-state index contributed by atoms with van der Waals surface area (Å²) in [6, 6.07) is 16.2. The Morgan fingerprint density at radius 1 is 1.12 bits per heavy atom. The molecule has 0 spiro atoms. The van der Waals surface area contributed by atoms with Crippen LogP contribution in [0.2, 0.25) is 0 Å². The smallest absolute Gasteiger partial charge is 0.269 e. The summed E-state index contributed by atoms with van der Waals surface area (Å²) in [5.41, 5.74) is 1.21. The van der Waals surface area contributed by atoms with Gasteiger partial charge in [-0.25, -0.2) is 0 Å². The minimum absolute atomic E-state index is 0.0155. The summed E-state index contributed by atoms with van der Waals surface area (Å²) in [7, 11) is 0. The number of hydrogen-bond acceptors (Lipinski definition) is 5. The van der Waals surface area contributed by atoms with E-state index in [1.54, 1.807) is 0 Å². The van der Waals surface area contributed by atoms with Crippen molar-refractivity contribution in [2.75, 3.05) is 13.2 Å². The van der Waals surface area contributed by atoms with Crippen LogP contribution in [0, 0.1) is 10.1 Å². The standard InChI is InChI=1S/C19H24N2O4/c1-15(2)20(12-16-6-4-3-5-7-16)13-18(22)14-25-19-10-8-17(9-11-19)21(23)24/h3-11,15,18,22H,12-14H2,1-2H3. The Kier molecular flexibility index (Phi) is 6.91. The molecule has 1 atom stereocenters. The number of ether oxygens (including phenoxy) is 1. The lowest BCUT2D eigenvalue weighted by Crippen LogP contribution is -2.39. The van der Waals surface area contributed by atoms with E-state index in [2.05, 4.69) is 30.9 Å². The first-order chi connectivity index (χ1) is 12.0. The summed E-state index contributed by atoms with van der Waals surface area (Å²) in [4.78, 5) is 12.4. The molecule has 0 heterocycles. The average molecular weight is 344 g/mol. The van der Waals surface area contributed by atoms with Crippen molar-refractivity contribution in [2.45, 2.75) is 32.5 Å². The highest BCUT2D eigenvalue weighted by molar-refractivity contribution is 5.35. The maximum atomic E-state index is 10.6. The SMILES string of the molecule is CC(C)N(Cc1ccccc1)CC(O)COc1ccc([N+](=O)[O-])cc1. The molecule has 2 aromatic rings. The fraction of sp³-hybridized carbons (Fsp3) is 0.368. The highest BCUT2D eigenvalue weighted by Crippen LogP contribution is 2.17. The third-order valence-corrected chi connectivity index (χ3v) is 3.89. The molecular formula is C19H24N2O4. The molecular weight excluding hydrogens is 320 g/mol. The molecule has 0 bridgehead atoms. The lowest BCUT2D eigenvalue weighted by atomic mass is 10.1. The summed E-state index contributed by atoms with van der Waals surface area (Å²) in [5, 5.41) is 20.9. The van der Waals surface area contributed by atoms with E-state index in [0.29, 0.717) is 12.3 Å². The molecule has 2 aromatic carbocycles. The number of rotatable bonds is 9. The molecule has 2 rings (SSSR count). The second-order valence-electron chi connectivity index (χ2n) is 6.22. The summed E-state index contributed by atoms with van der Waals surface area (Å²) in [6.07, 6.45) is -0.652. The van der Waals surface area contributed by atoms with Crippen molar-refractivity contribution in [1.29, 1.82) is 0 Å². The van der Waals surface area contributed by atoms with Crippen LogP contribution in [0.5, 0.6) is 5.75 Å². The van der Waals surface area contributed by atoms with Crippen molar-refractivity contribution < 1.29 is 14.8 Å². The Morgan fingerprint density at radius 2 is 1.76 bits per heavy atom. The van der Waals surface area contributed by atoms with Gasteiger partial charge in [-0.15, -0.1) is 0 Å². The molecule has 134 valence electrons. The van der Waals surface area contributed by atoms with Crippen molar-refractivity contribution in [2.24, 2.45) is 0 Å². The van der Waals surface area contributed by atoms with Gasteiger partial charge in [-0.2, -0.15) is 0 Å². The summed E-state index contributed by atoms with van der Waals surface area (Å²) < 4.78 is 5.53. The van der Waals surface area contributed by atoms with E-state index in [9.17, 15) is 15.2 Å². The summed E-state index contributed by atoms with van der Waals surface area (Å²) in [5.74, 6) is 0.504. The lowest BCUT2D eigenvalue weighted by molar-refractivity contribution is -0.384. The maximum Gasteiger partial charge on any atom is 0.269 e. The number of nitro benzene ring substituents is 1. The molecule has 0 aliphatic carbocycles. The zero-order chi connectivity index (χ0) is 18.2. The van der Waals surface area contributed by atoms with Crippen LogP contribution in [0.25, 0.3) is 0 Å². The molecule has 0 amide bonds. The van der Waals surface area contributed by atoms with Crippen molar-refractivity contribution in [3.63, 3.8) is 0 Å². The van der Waals surface area contributed by atoms with Gasteiger partial charge in [0.15, 0.2) is 0 Å². The Labute approximate surface area is 147 Å². The van der Waals surface area contributed by atoms with Gasteiger partial charge < -0.3 is 9.84 Å². The molecule has 0 aliphatic heterocycles. The van der Waals surface area contributed by atoms with Gasteiger partial charge in [0.2, 0.25) is 0 Å². The minimum Gasteiger partial charge on any atom is -0.491 e. The van der Waals surface area contributed by atoms with E-state index in [0.717, 1.165) is 6.54 Å². The van der Waals surface area contributed by atoms with Crippen molar-refractivity contribution in [1.82, 2.24) is 4.90 Å². The number of benzene rings is 2. The first kappa shape index (κ1) is 18.9. The number of aliphatic hydroxyl groups excluding tert-OH is 1. The lowest BCUT2D eigenvalue weighted by Gasteiger charge is -2.28. The predicted molar refractivity (Wildman–Crippen MR) is 96.6 cm³/mol. The van der Waals surface area contributed by atoms with Gasteiger partial charge in [-0.05, 0) is 31.5 Å². The monoisotopic (exact) mass is 344 g/mol. The highest BCUT2D eigenvalue weighted by atomic mass is 16.6. The topological polar surface area (TPSA) is 75.8 Å². The molecule has 0 radical (unpaired) electrons. The quantitative estimate of drug-likeness (QED) is 0.558. The fourth-order valence-electron chi connectivity index (χ4n) is 2.46. The van der Waals surface area contributed by atoms with Gasteiger partial charge in [0.05, 0.1) is 4.92 Å². The highest BCUT2D eigenvalue weighted by Gasteiger charge is 2.16. The van der Waals surface area contributed by atoms with Crippen LogP contribution in [-0.4, -0.2) is 40.2 Å². The molecule has 1 N–H and O–H groups in total. The van der Waals surface area contributed by atoms with Gasteiger partial charge in [0, 0.05) is 31.3 Å². The average Bonchev–Trinajstić information content (AvgIpc) is 2.60. The molecule has 6 nitrogen and oxygen atoms in total. The van der Waals surface area contributed by atoms with Gasteiger partial charge in [0.25, 0.3) is 5.69 Å². The van der Waals surface area contributed by atoms with Gasteiger partial charge >= 0.3 is 0 Å². The van der Waals surface area contributed by atoms with Crippen LogP contribution in [-0.2, 0) is 6.54 Å². The molecule has 1 unspecified atom stereocenters. The largest absolute Gasteiger partial charge is 0.491 e. The third kappa shape index (κ3) is 6.17. The maximum absolute atomic E-state index is 10.6. The molecule has 0 aromatic heterocycles. The molecule has 0 saturated heterocycles. The van der Waals surface area contributed by atoms with Crippen LogP contribution in [0.4, 0.5) is 5.69 Å². The zero-order valence-corrected chi connectivity index (χ0v) is 14.5. The van der Waals surface area contributed by atoms with Gasteiger partial charge in [-0.3, -0.25) is 15.0 Å². The van der Waals surface area contributed by atoms with Crippen LogP contribution >= 0.6 is 0 Å². The Hall–Kier alpha value is -2.44. The van der Waals surface area contributed by atoms with Crippen molar-refractivity contribution in [3.05, 3.63) is 70.3 Å². The van der Waals surface area contributed by atoms with Gasteiger partial charge in [0.1, 0.15) is 18.5 Å². The molecule has 25 heavy (non-hydrogen) atoms. The van der Waals surface area contributed by atoms with E-state index < -0.39 is 11.0 Å². The first-order valence-corrected chi connectivity index (χ1v) is 8.29. The van der Waals surface area contributed by atoms with Crippen LogP contribution in [0.1, 0.15) is 19.4 Å². The van der Waals surface area contributed by atoms with E-state index in [1.807, 2.05) is 18.2 Å².